The van der Waals surface area contributed by atoms with Gasteiger partial charge in [-0.1, -0.05) is 18.2 Å². The molecule has 0 aliphatic heterocycles. The summed E-state index contributed by atoms with van der Waals surface area (Å²) in [5, 5.41) is 7.82. The fraction of sp³-hybridized carbons (Fsp3) is 0.333. The van der Waals surface area contributed by atoms with Crippen LogP contribution in [0, 0.1) is 5.82 Å². The average molecular weight is 234 g/mol. The van der Waals surface area contributed by atoms with Crippen LogP contribution in [-0.4, -0.2) is 21.3 Å². The van der Waals surface area contributed by atoms with Crippen LogP contribution < -0.4 is 5.73 Å². The fourth-order valence-corrected chi connectivity index (χ4v) is 1.73. The molecule has 1 aromatic heterocycles. The molecule has 90 valence electrons. The van der Waals surface area contributed by atoms with Crippen molar-refractivity contribution >= 4 is 0 Å². The zero-order valence-corrected chi connectivity index (χ0v) is 9.51. The van der Waals surface area contributed by atoms with Crippen molar-refractivity contribution in [3.8, 4) is 0 Å². The quantitative estimate of drug-likeness (QED) is 0.844. The van der Waals surface area contributed by atoms with Crippen molar-refractivity contribution in [2.45, 2.75) is 19.4 Å². The van der Waals surface area contributed by atoms with Crippen molar-refractivity contribution < 1.29 is 4.39 Å². The lowest BCUT2D eigenvalue weighted by molar-refractivity contribution is 0.585. The number of nitrogens with two attached hydrogens (primary N) is 1. The molecular formula is C12H15FN4. The van der Waals surface area contributed by atoms with Gasteiger partial charge >= 0.3 is 0 Å². The largest absolute Gasteiger partial charge is 0.330 e. The van der Waals surface area contributed by atoms with E-state index in [2.05, 4.69) is 10.2 Å². The molecular weight excluding hydrogens is 219 g/mol. The Hall–Kier alpha value is -1.75. The molecule has 0 aliphatic rings. The van der Waals surface area contributed by atoms with Gasteiger partial charge in [0.05, 0.1) is 0 Å². The van der Waals surface area contributed by atoms with Gasteiger partial charge in [0.15, 0.2) is 0 Å². The highest BCUT2D eigenvalue weighted by Gasteiger charge is 2.05. The van der Waals surface area contributed by atoms with Gasteiger partial charge in [0.25, 0.3) is 0 Å². The highest BCUT2D eigenvalue weighted by Crippen LogP contribution is 2.08. The Labute approximate surface area is 99.3 Å². The van der Waals surface area contributed by atoms with Crippen molar-refractivity contribution in [1.29, 1.82) is 0 Å². The van der Waals surface area contributed by atoms with Crippen LogP contribution in [0.2, 0.25) is 0 Å². The van der Waals surface area contributed by atoms with Crippen LogP contribution in [0.4, 0.5) is 4.39 Å². The average Bonchev–Trinajstić information content (AvgIpc) is 2.76. The lowest BCUT2D eigenvalue weighted by Crippen LogP contribution is -2.11. The lowest BCUT2D eigenvalue weighted by atomic mass is 10.1. The first-order chi connectivity index (χ1) is 8.31. The van der Waals surface area contributed by atoms with Crippen LogP contribution in [0.25, 0.3) is 0 Å². The fourth-order valence-electron chi connectivity index (χ4n) is 1.73. The van der Waals surface area contributed by atoms with Gasteiger partial charge in [0.1, 0.15) is 18.0 Å². The highest BCUT2D eigenvalue weighted by molar-refractivity contribution is 5.17. The maximum Gasteiger partial charge on any atom is 0.134 e. The Bertz CT molecular complexity index is 481. The zero-order valence-electron chi connectivity index (χ0n) is 9.51. The summed E-state index contributed by atoms with van der Waals surface area (Å²) in [6, 6.07) is 6.80. The molecule has 4 nitrogen and oxygen atoms in total. The molecule has 0 bridgehead atoms. The van der Waals surface area contributed by atoms with Gasteiger partial charge in [-0.15, -0.1) is 10.2 Å². The van der Waals surface area contributed by atoms with Gasteiger partial charge in [0.2, 0.25) is 0 Å². The lowest BCUT2D eigenvalue weighted by Gasteiger charge is -2.06. The SMILES string of the molecule is NCCc1nncn1CCc1ccccc1F. The van der Waals surface area contributed by atoms with Crippen molar-refractivity contribution in [3.63, 3.8) is 0 Å². The summed E-state index contributed by atoms with van der Waals surface area (Å²) in [5.74, 6) is 0.685. The predicted octanol–water partition coefficient (Wildman–Crippen LogP) is 1.16. The predicted molar refractivity (Wildman–Crippen MR) is 62.9 cm³/mol. The first kappa shape index (κ1) is 11.7. The summed E-state index contributed by atoms with van der Waals surface area (Å²) >= 11 is 0. The van der Waals surface area contributed by atoms with Crippen LogP contribution in [-0.2, 0) is 19.4 Å². The maximum atomic E-state index is 13.4. The smallest absolute Gasteiger partial charge is 0.134 e. The van der Waals surface area contributed by atoms with Crippen molar-refractivity contribution in [1.82, 2.24) is 14.8 Å². The van der Waals surface area contributed by atoms with Gasteiger partial charge in [-0.2, -0.15) is 0 Å². The zero-order chi connectivity index (χ0) is 12.1. The summed E-state index contributed by atoms with van der Waals surface area (Å²) in [6.45, 7) is 1.21. The molecule has 2 aromatic rings. The molecule has 2 rings (SSSR count). The van der Waals surface area contributed by atoms with E-state index in [0.717, 1.165) is 5.82 Å². The standard InChI is InChI=1S/C12H15FN4/c13-11-4-2-1-3-10(11)6-8-17-9-15-16-12(17)5-7-14/h1-4,9H,5-8,14H2. The third-order valence-corrected chi connectivity index (χ3v) is 2.64. The molecule has 0 fully saturated rings. The molecule has 0 unspecified atom stereocenters. The van der Waals surface area contributed by atoms with E-state index >= 15 is 0 Å². The molecule has 1 heterocycles. The number of aryl methyl sites for hydroxylation is 2. The van der Waals surface area contributed by atoms with Gasteiger partial charge < -0.3 is 10.3 Å². The third kappa shape index (κ3) is 2.88. The second kappa shape index (κ2) is 5.54. The van der Waals surface area contributed by atoms with E-state index in [1.54, 1.807) is 18.5 Å². The summed E-state index contributed by atoms with van der Waals surface area (Å²) in [6.07, 6.45) is 2.98. The van der Waals surface area contributed by atoms with E-state index in [-0.39, 0.29) is 5.82 Å². The third-order valence-electron chi connectivity index (χ3n) is 2.64. The molecule has 1 aromatic carbocycles. The van der Waals surface area contributed by atoms with Crippen molar-refractivity contribution in [2.75, 3.05) is 6.54 Å². The topological polar surface area (TPSA) is 56.7 Å². The Morgan fingerprint density at radius 2 is 2.06 bits per heavy atom. The number of hydrogen-bond donors (Lipinski definition) is 1. The molecule has 0 spiro atoms. The molecule has 0 radical (unpaired) electrons. The van der Waals surface area contributed by atoms with Crippen LogP contribution >= 0.6 is 0 Å². The van der Waals surface area contributed by atoms with Crippen molar-refractivity contribution in [3.05, 3.63) is 47.8 Å². The number of halogens is 1. The van der Waals surface area contributed by atoms with Gasteiger partial charge in [-0.25, -0.2) is 4.39 Å². The van der Waals surface area contributed by atoms with Crippen LogP contribution in [0.3, 0.4) is 0 Å². The summed E-state index contributed by atoms with van der Waals surface area (Å²) in [5.41, 5.74) is 6.19. The molecule has 0 amide bonds. The van der Waals surface area contributed by atoms with Crippen LogP contribution in [0.1, 0.15) is 11.4 Å². The number of hydrogen-bond acceptors (Lipinski definition) is 3. The molecule has 5 heteroatoms. The Morgan fingerprint density at radius 3 is 2.82 bits per heavy atom. The van der Waals surface area contributed by atoms with E-state index in [9.17, 15) is 4.39 Å². The van der Waals surface area contributed by atoms with E-state index in [4.69, 9.17) is 5.73 Å². The Balaban J connectivity index is 2.02. The number of nitrogens with zero attached hydrogens (tertiary/aromatic N) is 3. The van der Waals surface area contributed by atoms with Gasteiger partial charge in [-0.3, -0.25) is 0 Å². The highest BCUT2D eigenvalue weighted by atomic mass is 19.1. The second-order valence-corrected chi connectivity index (χ2v) is 3.82. The summed E-state index contributed by atoms with van der Waals surface area (Å²) < 4.78 is 15.3. The molecule has 0 atom stereocenters. The van der Waals surface area contributed by atoms with Crippen LogP contribution in [0.5, 0.6) is 0 Å². The Morgan fingerprint density at radius 1 is 1.24 bits per heavy atom. The monoisotopic (exact) mass is 234 g/mol. The van der Waals surface area contributed by atoms with E-state index in [1.165, 1.54) is 6.07 Å². The maximum absolute atomic E-state index is 13.4. The minimum absolute atomic E-state index is 0.166. The van der Waals surface area contributed by atoms with Crippen LogP contribution in [0.15, 0.2) is 30.6 Å². The number of rotatable bonds is 5. The molecule has 17 heavy (non-hydrogen) atoms. The minimum Gasteiger partial charge on any atom is -0.330 e. The summed E-state index contributed by atoms with van der Waals surface area (Å²) in [4.78, 5) is 0. The van der Waals surface area contributed by atoms with Gasteiger partial charge in [0, 0.05) is 13.0 Å². The number of aromatic nitrogens is 3. The first-order valence-electron chi connectivity index (χ1n) is 5.61. The molecule has 0 saturated carbocycles. The number of benzene rings is 1. The van der Waals surface area contributed by atoms with Crippen molar-refractivity contribution in [2.24, 2.45) is 5.73 Å². The molecule has 0 aliphatic carbocycles. The van der Waals surface area contributed by atoms with E-state index in [1.807, 2.05) is 10.6 Å². The Kier molecular flexibility index (Phi) is 3.82. The van der Waals surface area contributed by atoms with Gasteiger partial charge in [-0.05, 0) is 24.6 Å². The second-order valence-electron chi connectivity index (χ2n) is 3.82. The molecule has 2 N–H and O–H groups in total. The first-order valence-corrected chi connectivity index (χ1v) is 5.61. The van der Waals surface area contributed by atoms with E-state index < -0.39 is 0 Å². The normalized spacial score (nSPS) is 10.7. The summed E-state index contributed by atoms with van der Waals surface area (Å²) in [7, 11) is 0. The minimum atomic E-state index is -0.166. The van der Waals surface area contributed by atoms with E-state index in [0.29, 0.717) is 31.5 Å². The molecule has 0 saturated heterocycles.